The summed E-state index contributed by atoms with van der Waals surface area (Å²) >= 11 is 0. The predicted molar refractivity (Wildman–Crippen MR) is 273 cm³/mol. The first-order valence-corrected chi connectivity index (χ1v) is 23.9. The lowest BCUT2D eigenvalue weighted by molar-refractivity contribution is 0.174. The molecular weight excluding hydrogens is 813 g/mol. The Bertz CT molecular complexity index is 3500. The van der Waals surface area contributed by atoms with Crippen LogP contribution in [-0.2, 0) is 21.7 Å². The smallest absolute Gasteiger partial charge is 0.231 e. The number of fused-ring (bicyclic) bond motifs is 14. The van der Waals surface area contributed by atoms with Gasteiger partial charge in [0.1, 0.15) is 0 Å². The predicted octanol–water partition coefficient (Wildman–Crippen LogP) is 16.0. The van der Waals surface area contributed by atoms with Crippen molar-refractivity contribution in [2.75, 3.05) is 6.79 Å². The van der Waals surface area contributed by atoms with E-state index in [1.165, 1.54) is 122 Å². The van der Waals surface area contributed by atoms with Gasteiger partial charge in [0.15, 0.2) is 11.5 Å². The highest BCUT2D eigenvalue weighted by Crippen LogP contribution is 2.65. The summed E-state index contributed by atoms with van der Waals surface area (Å²) in [5.41, 5.74) is 27.4. The van der Waals surface area contributed by atoms with Crippen LogP contribution in [0, 0.1) is 0 Å². The summed E-state index contributed by atoms with van der Waals surface area (Å²) in [7, 11) is 0. The van der Waals surface area contributed by atoms with Crippen LogP contribution in [0.5, 0.6) is 11.5 Å². The first-order valence-electron chi connectivity index (χ1n) is 23.9. The van der Waals surface area contributed by atoms with Crippen LogP contribution < -0.4 is 9.47 Å². The molecule has 0 amide bonds. The van der Waals surface area contributed by atoms with Gasteiger partial charge in [-0.3, -0.25) is 0 Å². The van der Waals surface area contributed by atoms with Crippen molar-refractivity contribution in [3.05, 3.63) is 238 Å². The maximum Gasteiger partial charge on any atom is 0.231 e. The van der Waals surface area contributed by atoms with E-state index in [-0.39, 0.29) is 23.0 Å². The lowest BCUT2D eigenvalue weighted by Gasteiger charge is -2.35. The Kier molecular flexibility index (Phi) is 7.61. The minimum Gasteiger partial charge on any atom is -0.454 e. The summed E-state index contributed by atoms with van der Waals surface area (Å²) in [6.07, 6.45) is 0. The molecule has 9 aromatic rings. The topological polar surface area (TPSA) is 18.5 Å². The zero-order chi connectivity index (χ0) is 45.2. The summed E-state index contributed by atoms with van der Waals surface area (Å²) in [4.78, 5) is 0. The van der Waals surface area contributed by atoms with E-state index in [9.17, 15) is 0 Å². The second kappa shape index (κ2) is 13.1. The molecule has 322 valence electrons. The molecule has 0 atom stereocenters. The van der Waals surface area contributed by atoms with Gasteiger partial charge in [-0.2, -0.15) is 0 Å². The molecule has 2 nitrogen and oxygen atoms in total. The van der Waals surface area contributed by atoms with Crippen molar-refractivity contribution < 1.29 is 9.47 Å². The van der Waals surface area contributed by atoms with Crippen molar-refractivity contribution in [1.82, 2.24) is 0 Å². The average molecular weight is 863 g/mol. The second-order valence-corrected chi connectivity index (χ2v) is 21.0. The molecule has 0 spiro atoms. The first kappa shape index (κ1) is 38.8. The fraction of sp³-hybridized carbons (Fsp3) is 0.169. The number of hydrogen-bond acceptors (Lipinski definition) is 2. The first-order chi connectivity index (χ1) is 32.5. The normalized spacial score (nSPS) is 16.9. The van der Waals surface area contributed by atoms with E-state index in [1.54, 1.807) is 0 Å². The number of benzene rings is 9. The Morgan fingerprint density at radius 2 is 0.687 bits per heavy atom. The summed E-state index contributed by atoms with van der Waals surface area (Å²) in [5, 5.41) is 0. The Balaban J connectivity index is 1.09. The third-order valence-corrected chi connectivity index (χ3v) is 16.8. The van der Waals surface area contributed by atoms with E-state index < -0.39 is 5.41 Å². The molecule has 0 N–H and O–H groups in total. The standard InChI is InChI=1S/C65H50O2/c1-62(2)48-26-10-7-21-44(48)58-42(24-15-29-51(58)62)38-17-13-19-40(33-38)65(41-20-14-18-39(34-41)43-25-16-30-52-59(43)45-22-8-11-27-49(45)63(52,3)4)54-32-31-53-60(46-23-9-12-28-50(46)64(53,5)6)61(54)47-35-56-57(36-55(47)65)67-37-66-56/h7-36H,37H2,1-6H3. The van der Waals surface area contributed by atoms with Gasteiger partial charge in [-0.1, -0.05) is 199 Å². The van der Waals surface area contributed by atoms with Crippen LogP contribution in [0.4, 0.5) is 0 Å². The molecule has 0 radical (unpaired) electrons. The second-order valence-electron chi connectivity index (χ2n) is 21.0. The third-order valence-electron chi connectivity index (χ3n) is 16.8. The van der Waals surface area contributed by atoms with Gasteiger partial charge in [-0.15, -0.1) is 0 Å². The summed E-state index contributed by atoms with van der Waals surface area (Å²) in [6.45, 7) is 14.5. The highest BCUT2D eigenvalue weighted by atomic mass is 16.7. The SMILES string of the molecule is CC1(C)c2ccccc2-c2c(-c3cccc(C4(c5cccc(-c6cccc7c6-c6ccccc6C7(C)C)c5)c5cc6c(cc5-c5c4ccc4c5-c5ccccc5C4(C)C)OCO6)c3)cccc21. The van der Waals surface area contributed by atoms with Crippen LogP contribution in [0.1, 0.15) is 97.2 Å². The fourth-order valence-electron chi connectivity index (χ4n) is 13.6. The van der Waals surface area contributed by atoms with E-state index in [4.69, 9.17) is 9.47 Å². The Morgan fingerprint density at radius 3 is 1.21 bits per heavy atom. The van der Waals surface area contributed by atoms with Gasteiger partial charge < -0.3 is 9.47 Å². The monoisotopic (exact) mass is 862 g/mol. The van der Waals surface area contributed by atoms with Crippen molar-refractivity contribution in [3.8, 4) is 78.3 Å². The molecule has 1 heterocycles. The Morgan fingerprint density at radius 1 is 0.299 bits per heavy atom. The van der Waals surface area contributed by atoms with E-state index in [2.05, 4.69) is 224 Å². The molecule has 0 aromatic heterocycles. The zero-order valence-corrected chi connectivity index (χ0v) is 38.8. The van der Waals surface area contributed by atoms with Crippen LogP contribution in [0.3, 0.4) is 0 Å². The molecule has 0 unspecified atom stereocenters. The van der Waals surface area contributed by atoms with Gasteiger partial charge in [0.05, 0.1) is 5.41 Å². The van der Waals surface area contributed by atoms with Crippen LogP contribution in [0.15, 0.2) is 182 Å². The zero-order valence-electron chi connectivity index (χ0n) is 38.8. The fourth-order valence-corrected chi connectivity index (χ4v) is 13.6. The molecule has 0 bridgehead atoms. The molecule has 4 aliphatic carbocycles. The van der Waals surface area contributed by atoms with Gasteiger partial charge in [0.25, 0.3) is 0 Å². The van der Waals surface area contributed by atoms with Crippen LogP contribution in [0.25, 0.3) is 66.8 Å². The molecule has 14 rings (SSSR count). The van der Waals surface area contributed by atoms with Crippen molar-refractivity contribution >= 4 is 0 Å². The average Bonchev–Trinajstić information content (AvgIpc) is 4.11. The minimum absolute atomic E-state index is 0.106. The molecule has 0 fully saturated rings. The van der Waals surface area contributed by atoms with Gasteiger partial charge in [0, 0.05) is 16.2 Å². The number of ether oxygens (including phenoxy) is 2. The summed E-state index contributed by atoms with van der Waals surface area (Å²) in [5.74, 6) is 1.59. The molecule has 1 aliphatic heterocycles. The van der Waals surface area contributed by atoms with E-state index in [0.717, 1.165) is 11.5 Å². The van der Waals surface area contributed by atoms with Crippen molar-refractivity contribution in [3.63, 3.8) is 0 Å². The van der Waals surface area contributed by atoms with Crippen LogP contribution >= 0.6 is 0 Å². The van der Waals surface area contributed by atoms with Crippen molar-refractivity contribution in [2.45, 2.75) is 63.2 Å². The largest absolute Gasteiger partial charge is 0.454 e. The van der Waals surface area contributed by atoms with E-state index in [0.29, 0.717) is 0 Å². The molecule has 2 heteroatoms. The van der Waals surface area contributed by atoms with E-state index in [1.807, 2.05) is 0 Å². The molecule has 0 saturated carbocycles. The maximum atomic E-state index is 6.34. The van der Waals surface area contributed by atoms with Crippen LogP contribution in [-0.4, -0.2) is 6.79 Å². The Labute approximate surface area is 393 Å². The molecular formula is C65H50O2. The lowest BCUT2D eigenvalue weighted by atomic mass is 9.66. The molecule has 67 heavy (non-hydrogen) atoms. The van der Waals surface area contributed by atoms with Crippen molar-refractivity contribution in [1.29, 1.82) is 0 Å². The van der Waals surface area contributed by atoms with Crippen LogP contribution in [0.2, 0.25) is 0 Å². The molecule has 0 saturated heterocycles. The quantitative estimate of drug-likeness (QED) is 0.175. The highest BCUT2D eigenvalue weighted by Gasteiger charge is 2.51. The van der Waals surface area contributed by atoms with Gasteiger partial charge in [-0.05, 0) is 147 Å². The van der Waals surface area contributed by atoms with E-state index >= 15 is 0 Å². The van der Waals surface area contributed by atoms with Gasteiger partial charge in [-0.25, -0.2) is 0 Å². The van der Waals surface area contributed by atoms with Gasteiger partial charge >= 0.3 is 0 Å². The van der Waals surface area contributed by atoms with Gasteiger partial charge in [0.2, 0.25) is 6.79 Å². The number of rotatable bonds is 4. The number of hydrogen-bond donors (Lipinski definition) is 0. The summed E-state index contributed by atoms with van der Waals surface area (Å²) in [6, 6.07) is 69.4. The maximum absolute atomic E-state index is 6.34. The molecule has 9 aromatic carbocycles. The summed E-state index contributed by atoms with van der Waals surface area (Å²) < 4.78 is 12.6. The van der Waals surface area contributed by atoms with Crippen molar-refractivity contribution in [2.24, 2.45) is 0 Å². The molecule has 5 aliphatic rings. The lowest BCUT2D eigenvalue weighted by Crippen LogP contribution is -2.29. The minimum atomic E-state index is -0.737. The highest BCUT2D eigenvalue weighted by molar-refractivity contribution is 6.02. The third kappa shape index (κ3) is 4.85. The Hall–Kier alpha value is -7.42.